The summed E-state index contributed by atoms with van der Waals surface area (Å²) in [5, 5.41) is 0. The molecular formula is C14H20O2. The first-order valence-electron chi connectivity index (χ1n) is 5.55. The molecule has 0 aromatic heterocycles. The molecule has 88 valence electrons. The van der Waals surface area contributed by atoms with E-state index in [9.17, 15) is 0 Å². The predicted octanol–water partition coefficient (Wildman–Crippen LogP) is 3.04. The lowest BCUT2D eigenvalue weighted by Gasteiger charge is -2.19. The molecular weight excluding hydrogens is 200 g/mol. The first-order chi connectivity index (χ1) is 7.77. The van der Waals surface area contributed by atoms with Gasteiger partial charge in [-0.2, -0.15) is 0 Å². The highest BCUT2D eigenvalue weighted by atomic mass is 16.5. The number of rotatable bonds is 7. The number of benzene rings is 1. The molecule has 0 spiro atoms. The molecule has 0 fully saturated rings. The molecule has 16 heavy (non-hydrogen) atoms. The summed E-state index contributed by atoms with van der Waals surface area (Å²) in [6, 6.07) is 10.2. The van der Waals surface area contributed by atoms with E-state index in [-0.39, 0.29) is 6.10 Å². The highest BCUT2D eigenvalue weighted by Crippen LogP contribution is 2.09. The highest BCUT2D eigenvalue weighted by molar-refractivity contribution is 5.13. The summed E-state index contributed by atoms with van der Waals surface area (Å²) in [6.07, 6.45) is 1.88. The van der Waals surface area contributed by atoms with Crippen molar-refractivity contribution in [3.63, 3.8) is 0 Å². The number of ether oxygens (including phenoxy) is 2. The van der Waals surface area contributed by atoms with Gasteiger partial charge in [0.2, 0.25) is 0 Å². The van der Waals surface area contributed by atoms with E-state index in [4.69, 9.17) is 9.47 Å². The normalized spacial score (nSPS) is 14.4. The Hall–Kier alpha value is -1.12. The highest BCUT2D eigenvalue weighted by Gasteiger charge is 2.12. The molecule has 0 bridgehead atoms. The first kappa shape index (κ1) is 12.9. The van der Waals surface area contributed by atoms with Gasteiger partial charge in [0.1, 0.15) is 0 Å². The average Bonchev–Trinajstić information content (AvgIpc) is 2.32. The maximum absolute atomic E-state index is 5.64. The first-order valence-corrected chi connectivity index (χ1v) is 5.55. The number of methoxy groups -OCH3 is 1. The molecule has 2 heteroatoms. The van der Waals surface area contributed by atoms with Crippen molar-refractivity contribution in [1.82, 2.24) is 0 Å². The van der Waals surface area contributed by atoms with Gasteiger partial charge in [0, 0.05) is 13.0 Å². The van der Waals surface area contributed by atoms with Crippen LogP contribution in [0.25, 0.3) is 0 Å². The van der Waals surface area contributed by atoms with Crippen molar-refractivity contribution in [3.8, 4) is 0 Å². The lowest BCUT2D eigenvalue weighted by atomic mass is 10.1. The lowest BCUT2D eigenvalue weighted by molar-refractivity contribution is 0.0264. The largest absolute Gasteiger partial charge is 0.377 e. The smallest absolute Gasteiger partial charge is 0.0796 e. The van der Waals surface area contributed by atoms with Crippen LogP contribution in [0, 0.1) is 5.92 Å². The van der Waals surface area contributed by atoms with Gasteiger partial charge in [-0.1, -0.05) is 43.3 Å². The molecule has 0 N–H and O–H groups in total. The molecule has 0 amide bonds. The number of hydrogen-bond acceptors (Lipinski definition) is 2. The second kappa shape index (κ2) is 7.20. The summed E-state index contributed by atoms with van der Waals surface area (Å²) < 4.78 is 10.9. The summed E-state index contributed by atoms with van der Waals surface area (Å²) >= 11 is 0. The van der Waals surface area contributed by atoms with E-state index in [1.54, 1.807) is 7.11 Å². The van der Waals surface area contributed by atoms with Gasteiger partial charge < -0.3 is 9.47 Å². The van der Waals surface area contributed by atoms with E-state index in [1.165, 1.54) is 5.56 Å². The standard InChI is InChI=1S/C14H20O2/c1-4-14(15-3)12(2)10-16-11-13-8-6-5-7-9-13/h4-9,12,14H,1,10-11H2,2-3H3/t12-,14+/m1/s1. The molecule has 1 rings (SSSR count). The van der Waals surface area contributed by atoms with Gasteiger partial charge in [-0.05, 0) is 5.56 Å². The second-order valence-corrected chi connectivity index (χ2v) is 3.91. The maximum Gasteiger partial charge on any atom is 0.0796 e. The Morgan fingerprint density at radius 1 is 1.31 bits per heavy atom. The molecule has 0 radical (unpaired) electrons. The fourth-order valence-corrected chi connectivity index (χ4v) is 1.59. The second-order valence-electron chi connectivity index (χ2n) is 3.91. The van der Waals surface area contributed by atoms with Crippen molar-refractivity contribution >= 4 is 0 Å². The Morgan fingerprint density at radius 2 is 2.00 bits per heavy atom. The van der Waals surface area contributed by atoms with Crippen molar-refractivity contribution in [1.29, 1.82) is 0 Å². The van der Waals surface area contributed by atoms with Crippen molar-refractivity contribution in [2.24, 2.45) is 5.92 Å². The fraction of sp³-hybridized carbons (Fsp3) is 0.429. The summed E-state index contributed by atoms with van der Waals surface area (Å²) in [4.78, 5) is 0. The van der Waals surface area contributed by atoms with Crippen molar-refractivity contribution in [2.45, 2.75) is 19.6 Å². The van der Waals surface area contributed by atoms with Crippen LogP contribution in [0.5, 0.6) is 0 Å². The van der Waals surface area contributed by atoms with Crippen LogP contribution in [0.1, 0.15) is 12.5 Å². The van der Waals surface area contributed by atoms with Crippen LogP contribution in [0.2, 0.25) is 0 Å². The third kappa shape index (κ3) is 4.17. The molecule has 2 atom stereocenters. The molecule has 1 aromatic carbocycles. The minimum absolute atomic E-state index is 0.0655. The maximum atomic E-state index is 5.64. The Bertz CT molecular complexity index is 295. The Balaban J connectivity index is 2.27. The third-order valence-corrected chi connectivity index (χ3v) is 2.56. The SMILES string of the molecule is C=C[C@H](OC)[C@H](C)COCc1ccccc1. The average molecular weight is 220 g/mol. The zero-order chi connectivity index (χ0) is 11.8. The molecule has 0 aliphatic rings. The lowest BCUT2D eigenvalue weighted by Crippen LogP contribution is -2.22. The van der Waals surface area contributed by atoms with E-state index < -0.39 is 0 Å². The topological polar surface area (TPSA) is 18.5 Å². The van der Waals surface area contributed by atoms with Gasteiger partial charge >= 0.3 is 0 Å². The quantitative estimate of drug-likeness (QED) is 0.657. The van der Waals surface area contributed by atoms with Crippen LogP contribution in [-0.4, -0.2) is 19.8 Å². The van der Waals surface area contributed by atoms with Crippen molar-refractivity contribution < 1.29 is 9.47 Å². The van der Waals surface area contributed by atoms with Gasteiger partial charge in [0.05, 0.1) is 19.3 Å². The predicted molar refractivity (Wildman–Crippen MR) is 66.3 cm³/mol. The molecule has 0 saturated carbocycles. The van der Waals surface area contributed by atoms with Gasteiger partial charge in [0.15, 0.2) is 0 Å². The van der Waals surface area contributed by atoms with Crippen LogP contribution in [0.3, 0.4) is 0 Å². The minimum atomic E-state index is 0.0655. The van der Waals surface area contributed by atoms with E-state index in [2.05, 4.69) is 25.6 Å². The summed E-state index contributed by atoms with van der Waals surface area (Å²) in [6.45, 7) is 7.17. The summed E-state index contributed by atoms with van der Waals surface area (Å²) in [5.41, 5.74) is 1.20. The molecule has 2 nitrogen and oxygen atoms in total. The molecule has 0 aliphatic heterocycles. The van der Waals surface area contributed by atoms with Crippen molar-refractivity contribution in [3.05, 3.63) is 48.6 Å². The van der Waals surface area contributed by atoms with Crippen molar-refractivity contribution in [2.75, 3.05) is 13.7 Å². The van der Waals surface area contributed by atoms with Crippen LogP contribution < -0.4 is 0 Å². The molecule has 1 aromatic rings. The van der Waals surface area contributed by atoms with E-state index in [0.717, 1.165) is 0 Å². The molecule has 0 aliphatic carbocycles. The van der Waals surface area contributed by atoms with Gasteiger partial charge in [-0.25, -0.2) is 0 Å². The monoisotopic (exact) mass is 220 g/mol. The Labute approximate surface area is 97.9 Å². The van der Waals surface area contributed by atoms with Gasteiger partial charge in [-0.15, -0.1) is 6.58 Å². The molecule has 0 heterocycles. The molecule has 0 unspecified atom stereocenters. The van der Waals surface area contributed by atoms with Gasteiger partial charge in [0.25, 0.3) is 0 Å². The van der Waals surface area contributed by atoms with Crippen LogP contribution >= 0.6 is 0 Å². The zero-order valence-electron chi connectivity index (χ0n) is 10.1. The fourth-order valence-electron chi connectivity index (χ4n) is 1.59. The summed E-state index contributed by atoms with van der Waals surface area (Å²) in [5.74, 6) is 0.325. The third-order valence-electron chi connectivity index (χ3n) is 2.56. The van der Waals surface area contributed by atoms with Crippen LogP contribution in [0.4, 0.5) is 0 Å². The van der Waals surface area contributed by atoms with E-state index in [0.29, 0.717) is 19.1 Å². The Kier molecular flexibility index (Phi) is 5.83. The van der Waals surface area contributed by atoms with Gasteiger partial charge in [-0.3, -0.25) is 0 Å². The zero-order valence-corrected chi connectivity index (χ0v) is 10.1. The minimum Gasteiger partial charge on any atom is -0.377 e. The summed E-state index contributed by atoms with van der Waals surface area (Å²) in [7, 11) is 1.69. The van der Waals surface area contributed by atoms with Crippen LogP contribution in [0.15, 0.2) is 43.0 Å². The number of hydrogen-bond donors (Lipinski definition) is 0. The Morgan fingerprint density at radius 3 is 2.56 bits per heavy atom. The van der Waals surface area contributed by atoms with E-state index in [1.807, 2.05) is 24.3 Å². The molecule has 0 saturated heterocycles. The van der Waals surface area contributed by atoms with Crippen LogP contribution in [-0.2, 0) is 16.1 Å². The van der Waals surface area contributed by atoms with E-state index >= 15 is 0 Å².